The van der Waals surface area contributed by atoms with E-state index in [9.17, 15) is 14.7 Å². The fourth-order valence-corrected chi connectivity index (χ4v) is 2.12. The predicted octanol–water partition coefficient (Wildman–Crippen LogP) is -0.772. The van der Waals surface area contributed by atoms with Crippen LogP contribution in [0.3, 0.4) is 0 Å². The summed E-state index contributed by atoms with van der Waals surface area (Å²) in [6.07, 6.45) is -4.96. The lowest BCUT2D eigenvalue weighted by molar-refractivity contribution is -0.297. The summed E-state index contributed by atoms with van der Waals surface area (Å²) in [7, 11) is 2.86. The number of carbonyl (C=O) groups excluding carboxylic acids is 2. The SMILES string of the molecule is COC[C@H]1O[C@H](O)[C@@H](OC(C)=O)[C@@H](OC(C)=O)[C@@H]1OC. The van der Waals surface area contributed by atoms with Gasteiger partial charge in [-0.1, -0.05) is 0 Å². The van der Waals surface area contributed by atoms with Gasteiger partial charge >= 0.3 is 11.9 Å². The van der Waals surface area contributed by atoms with Crippen LogP contribution in [0.25, 0.3) is 0 Å². The predicted molar refractivity (Wildman–Crippen MR) is 64.7 cm³/mol. The number of hydrogen-bond acceptors (Lipinski definition) is 8. The molecular weight excluding hydrogens is 272 g/mol. The molecule has 0 spiro atoms. The highest BCUT2D eigenvalue weighted by molar-refractivity contribution is 5.67. The Bertz CT molecular complexity index is 344. The van der Waals surface area contributed by atoms with E-state index in [2.05, 4.69) is 0 Å². The topological polar surface area (TPSA) is 101 Å². The maximum Gasteiger partial charge on any atom is 0.303 e. The summed E-state index contributed by atoms with van der Waals surface area (Å²) in [6.45, 7) is 2.52. The van der Waals surface area contributed by atoms with Crippen molar-refractivity contribution in [3.05, 3.63) is 0 Å². The highest BCUT2D eigenvalue weighted by Crippen LogP contribution is 2.27. The third kappa shape index (κ3) is 4.14. The second kappa shape index (κ2) is 7.53. The van der Waals surface area contributed by atoms with E-state index in [0.29, 0.717) is 0 Å². The molecule has 1 rings (SSSR count). The molecule has 8 heteroatoms. The quantitative estimate of drug-likeness (QED) is 0.659. The molecule has 0 aromatic heterocycles. The van der Waals surface area contributed by atoms with Crippen LogP contribution in [-0.2, 0) is 33.3 Å². The molecule has 5 atom stereocenters. The third-order valence-corrected chi connectivity index (χ3v) is 2.82. The molecule has 0 radical (unpaired) electrons. The van der Waals surface area contributed by atoms with Gasteiger partial charge in [0.05, 0.1) is 6.61 Å². The second-order valence-electron chi connectivity index (χ2n) is 4.37. The minimum atomic E-state index is -1.44. The molecular formula is C12H20O8. The van der Waals surface area contributed by atoms with Crippen molar-refractivity contribution in [2.75, 3.05) is 20.8 Å². The Labute approximate surface area is 116 Å². The largest absolute Gasteiger partial charge is 0.455 e. The van der Waals surface area contributed by atoms with Gasteiger partial charge in [-0.25, -0.2) is 0 Å². The van der Waals surface area contributed by atoms with E-state index < -0.39 is 42.6 Å². The first kappa shape index (κ1) is 16.8. The first-order chi connectivity index (χ1) is 9.40. The Kier molecular flexibility index (Phi) is 6.34. The Morgan fingerprint density at radius 1 is 1.05 bits per heavy atom. The summed E-state index contributed by atoms with van der Waals surface area (Å²) in [5.74, 6) is -1.21. The zero-order valence-electron chi connectivity index (χ0n) is 11.9. The zero-order valence-corrected chi connectivity index (χ0v) is 11.9. The molecule has 1 heterocycles. The number of aliphatic hydroxyl groups is 1. The lowest BCUT2D eigenvalue weighted by Gasteiger charge is -2.42. The Balaban J connectivity index is 2.97. The average Bonchev–Trinajstić information content (AvgIpc) is 2.33. The summed E-state index contributed by atoms with van der Waals surface area (Å²) >= 11 is 0. The minimum Gasteiger partial charge on any atom is -0.455 e. The molecule has 1 aliphatic rings. The number of hydrogen-bond donors (Lipinski definition) is 1. The van der Waals surface area contributed by atoms with Gasteiger partial charge in [-0.2, -0.15) is 0 Å². The van der Waals surface area contributed by atoms with Crippen molar-refractivity contribution < 1.29 is 38.4 Å². The van der Waals surface area contributed by atoms with Crippen LogP contribution in [0.4, 0.5) is 0 Å². The van der Waals surface area contributed by atoms with Gasteiger partial charge in [-0.15, -0.1) is 0 Å². The van der Waals surface area contributed by atoms with E-state index in [-0.39, 0.29) is 6.61 Å². The molecule has 8 nitrogen and oxygen atoms in total. The lowest BCUT2D eigenvalue weighted by atomic mass is 9.98. The van der Waals surface area contributed by atoms with Crippen molar-refractivity contribution in [2.45, 2.75) is 44.6 Å². The normalized spacial score (nSPS) is 33.5. The lowest BCUT2D eigenvalue weighted by Crippen LogP contribution is -2.61. The molecule has 0 unspecified atom stereocenters. The molecule has 1 N–H and O–H groups in total. The molecule has 1 aliphatic heterocycles. The van der Waals surface area contributed by atoms with E-state index >= 15 is 0 Å². The van der Waals surface area contributed by atoms with Gasteiger partial charge in [0, 0.05) is 28.1 Å². The van der Waals surface area contributed by atoms with E-state index in [1.54, 1.807) is 0 Å². The second-order valence-corrected chi connectivity index (χ2v) is 4.37. The first-order valence-electron chi connectivity index (χ1n) is 6.10. The van der Waals surface area contributed by atoms with Crippen molar-refractivity contribution in [1.82, 2.24) is 0 Å². The number of rotatable bonds is 5. The van der Waals surface area contributed by atoms with Gasteiger partial charge in [-0.05, 0) is 0 Å². The summed E-state index contributed by atoms with van der Waals surface area (Å²) in [4.78, 5) is 22.3. The van der Waals surface area contributed by atoms with Crippen LogP contribution in [0, 0.1) is 0 Å². The van der Waals surface area contributed by atoms with Crippen molar-refractivity contribution in [1.29, 1.82) is 0 Å². The van der Waals surface area contributed by atoms with Crippen molar-refractivity contribution in [3.63, 3.8) is 0 Å². The van der Waals surface area contributed by atoms with Crippen LogP contribution < -0.4 is 0 Å². The highest BCUT2D eigenvalue weighted by Gasteiger charge is 2.49. The molecule has 1 saturated heterocycles. The Morgan fingerprint density at radius 2 is 1.60 bits per heavy atom. The molecule has 20 heavy (non-hydrogen) atoms. The van der Waals surface area contributed by atoms with Gasteiger partial charge in [0.15, 0.2) is 18.5 Å². The molecule has 0 saturated carbocycles. The summed E-state index contributed by atoms with van der Waals surface area (Å²) in [5, 5.41) is 9.91. The molecule has 0 aromatic carbocycles. The van der Waals surface area contributed by atoms with E-state index in [1.807, 2.05) is 0 Å². The molecule has 116 valence electrons. The minimum absolute atomic E-state index is 0.125. The van der Waals surface area contributed by atoms with E-state index in [4.69, 9.17) is 23.7 Å². The smallest absolute Gasteiger partial charge is 0.303 e. The van der Waals surface area contributed by atoms with Crippen LogP contribution >= 0.6 is 0 Å². The monoisotopic (exact) mass is 292 g/mol. The highest BCUT2D eigenvalue weighted by atomic mass is 16.7. The van der Waals surface area contributed by atoms with Gasteiger partial charge in [-0.3, -0.25) is 9.59 Å². The number of esters is 2. The molecule has 0 aromatic rings. The maximum absolute atomic E-state index is 11.2. The summed E-state index contributed by atoms with van der Waals surface area (Å²) < 4.78 is 25.6. The summed E-state index contributed by atoms with van der Waals surface area (Å²) in [6, 6.07) is 0. The van der Waals surface area contributed by atoms with Gasteiger partial charge < -0.3 is 28.8 Å². The number of ether oxygens (including phenoxy) is 5. The number of aliphatic hydroxyl groups excluding tert-OH is 1. The van der Waals surface area contributed by atoms with E-state index in [1.165, 1.54) is 28.1 Å². The van der Waals surface area contributed by atoms with Crippen LogP contribution in [0.15, 0.2) is 0 Å². The summed E-state index contributed by atoms with van der Waals surface area (Å²) in [5.41, 5.74) is 0. The van der Waals surface area contributed by atoms with Gasteiger partial charge in [0.2, 0.25) is 0 Å². The third-order valence-electron chi connectivity index (χ3n) is 2.82. The number of methoxy groups -OCH3 is 2. The Morgan fingerprint density at radius 3 is 2.05 bits per heavy atom. The van der Waals surface area contributed by atoms with Crippen LogP contribution in [0.1, 0.15) is 13.8 Å². The van der Waals surface area contributed by atoms with Crippen molar-refractivity contribution in [2.24, 2.45) is 0 Å². The average molecular weight is 292 g/mol. The van der Waals surface area contributed by atoms with Crippen LogP contribution in [0.2, 0.25) is 0 Å². The first-order valence-corrected chi connectivity index (χ1v) is 6.10. The molecule has 0 amide bonds. The molecule has 0 bridgehead atoms. The van der Waals surface area contributed by atoms with E-state index in [0.717, 1.165) is 0 Å². The number of carbonyl (C=O) groups is 2. The van der Waals surface area contributed by atoms with Crippen molar-refractivity contribution >= 4 is 11.9 Å². The van der Waals surface area contributed by atoms with Gasteiger partial charge in [0.25, 0.3) is 0 Å². The van der Waals surface area contributed by atoms with Crippen LogP contribution in [0.5, 0.6) is 0 Å². The van der Waals surface area contributed by atoms with Crippen molar-refractivity contribution in [3.8, 4) is 0 Å². The van der Waals surface area contributed by atoms with Crippen LogP contribution in [-0.4, -0.2) is 68.6 Å². The fourth-order valence-electron chi connectivity index (χ4n) is 2.12. The zero-order chi connectivity index (χ0) is 15.3. The molecule has 1 fully saturated rings. The van der Waals surface area contributed by atoms with Gasteiger partial charge in [0.1, 0.15) is 12.2 Å². The standard InChI is InChI=1S/C12H20O8/c1-6(13)18-10-9(17-4)8(5-16-3)20-12(15)11(10)19-7(2)14/h8-12,15H,5H2,1-4H3/t8-,9-,10+,11+,12+/m1/s1. The maximum atomic E-state index is 11.2. The Hall–Kier alpha value is -1.22. The molecule has 0 aliphatic carbocycles. The fraction of sp³-hybridized carbons (Fsp3) is 0.833.